The number of carboxylic acid groups (broad SMARTS) is 1. The monoisotopic (exact) mass is 962 g/mol. The predicted molar refractivity (Wildman–Crippen MR) is 233 cm³/mol. The molecule has 4 aliphatic rings. The molecule has 3 fully saturated rings. The first-order valence-electron chi connectivity index (χ1n) is 22.2. The van der Waals surface area contributed by atoms with Crippen molar-refractivity contribution in [3.63, 3.8) is 0 Å². The number of rotatable bonds is 16. The van der Waals surface area contributed by atoms with Crippen molar-refractivity contribution in [1.29, 1.82) is 0 Å². The Morgan fingerprint density at radius 3 is 1.86 bits per heavy atom. The molecular formula is C48H54N2O19. The summed E-state index contributed by atoms with van der Waals surface area (Å²) in [6, 6.07) is 21.1. The van der Waals surface area contributed by atoms with Crippen LogP contribution in [0.4, 0.5) is 4.79 Å². The van der Waals surface area contributed by atoms with E-state index >= 15 is 0 Å². The van der Waals surface area contributed by atoms with Crippen LogP contribution >= 0.6 is 0 Å². The van der Waals surface area contributed by atoms with Crippen molar-refractivity contribution in [3.8, 4) is 11.1 Å². The first kappa shape index (κ1) is 50.4. The lowest BCUT2D eigenvalue weighted by molar-refractivity contribution is -0.381. The molecule has 3 N–H and O–H groups in total. The number of aliphatic carboxylic acids is 1. The average molecular weight is 963 g/mol. The second-order valence-corrected chi connectivity index (χ2v) is 16.7. The van der Waals surface area contributed by atoms with Crippen molar-refractivity contribution in [2.24, 2.45) is 0 Å². The Morgan fingerprint density at radius 2 is 1.26 bits per heavy atom. The molecule has 3 aromatic carbocycles. The highest BCUT2D eigenvalue weighted by Crippen LogP contribution is 2.45. The molecule has 13 atom stereocenters. The van der Waals surface area contributed by atoms with Gasteiger partial charge in [-0.25, -0.2) is 9.59 Å². The topological polar surface area (TPSA) is 265 Å². The Hall–Kier alpha value is -6.49. The summed E-state index contributed by atoms with van der Waals surface area (Å²) in [6.07, 6.45) is -16.8. The van der Waals surface area contributed by atoms with Crippen molar-refractivity contribution in [2.75, 3.05) is 19.8 Å². The molecule has 370 valence electrons. The van der Waals surface area contributed by atoms with E-state index in [2.05, 4.69) is 10.6 Å². The summed E-state index contributed by atoms with van der Waals surface area (Å²) >= 11 is 0. The highest BCUT2D eigenvalue weighted by atomic mass is 16.8. The van der Waals surface area contributed by atoms with Crippen molar-refractivity contribution in [1.82, 2.24) is 10.6 Å². The van der Waals surface area contributed by atoms with Gasteiger partial charge in [0.1, 0.15) is 43.7 Å². The van der Waals surface area contributed by atoms with Gasteiger partial charge in [-0.15, -0.1) is 0 Å². The maximum Gasteiger partial charge on any atom is 0.407 e. The van der Waals surface area contributed by atoms with Gasteiger partial charge < -0.3 is 67.8 Å². The van der Waals surface area contributed by atoms with Crippen LogP contribution in [-0.2, 0) is 80.9 Å². The van der Waals surface area contributed by atoms with Gasteiger partial charge in [0.15, 0.2) is 43.2 Å². The maximum absolute atomic E-state index is 13.4. The molecule has 0 radical (unpaired) electrons. The van der Waals surface area contributed by atoms with E-state index in [0.29, 0.717) is 5.56 Å². The molecule has 0 aromatic heterocycles. The number of benzene rings is 3. The molecule has 1 aliphatic carbocycles. The standard InChI is InChI=1S/C48H54N2O19/c1-23(37(44(56)57)50-48(58)61-20-34-32-18-12-10-16-30(32)31-17-11-13-19-33(31)34)62-46-38(49-24(2)51)41(39-36(66-46)22-60-45(68-39)29-14-8-7-9-15-29)69-47-43(65-28(6)55)42(64-27(5)54)40(63-26(4)53)35(67-47)21-59-25(3)52/h7-19,23,34-43,45-47H,20-22H2,1-6H3,(H,49,51)(H,50,58)(H,56,57)/t23?,35-,36-,37+,38-,39+,40+,41-,42+,43-,45+,46+,47+/m1/s1. The summed E-state index contributed by atoms with van der Waals surface area (Å²) in [6.45, 7) is 6.02. The van der Waals surface area contributed by atoms with Crippen molar-refractivity contribution >= 4 is 41.8 Å². The molecule has 3 aromatic rings. The normalized spacial score (nSPS) is 27.9. The van der Waals surface area contributed by atoms with Gasteiger partial charge >= 0.3 is 35.9 Å². The number of esters is 4. The van der Waals surface area contributed by atoms with Crippen molar-refractivity contribution in [2.45, 2.75) is 127 Å². The fourth-order valence-corrected chi connectivity index (χ4v) is 8.91. The van der Waals surface area contributed by atoms with E-state index in [-0.39, 0.29) is 19.1 Å². The minimum absolute atomic E-state index is 0.108. The van der Waals surface area contributed by atoms with Crippen LogP contribution in [0.1, 0.15) is 70.4 Å². The number of alkyl carbamates (subject to hydrolysis) is 1. The zero-order chi connectivity index (χ0) is 49.5. The minimum atomic E-state index is -1.77. The van der Waals surface area contributed by atoms with E-state index in [4.69, 9.17) is 52.1 Å². The molecule has 3 aliphatic heterocycles. The van der Waals surface area contributed by atoms with Crippen LogP contribution in [0.25, 0.3) is 11.1 Å². The Balaban J connectivity index is 1.18. The largest absolute Gasteiger partial charge is 0.480 e. The van der Waals surface area contributed by atoms with Crippen LogP contribution in [0.3, 0.4) is 0 Å². The zero-order valence-corrected chi connectivity index (χ0v) is 38.5. The molecule has 0 bridgehead atoms. The second kappa shape index (κ2) is 22.3. The number of hydrogen-bond acceptors (Lipinski definition) is 18. The molecule has 2 amide bonds. The van der Waals surface area contributed by atoms with Crippen LogP contribution < -0.4 is 10.6 Å². The molecule has 3 saturated heterocycles. The predicted octanol–water partition coefficient (Wildman–Crippen LogP) is 3.20. The van der Waals surface area contributed by atoms with E-state index in [1.54, 1.807) is 30.3 Å². The minimum Gasteiger partial charge on any atom is -0.480 e. The Labute approximate surface area is 396 Å². The molecule has 7 rings (SSSR count). The lowest BCUT2D eigenvalue weighted by Gasteiger charge is -2.51. The first-order valence-corrected chi connectivity index (χ1v) is 22.2. The van der Waals surface area contributed by atoms with Crippen LogP contribution in [-0.4, -0.2) is 140 Å². The third kappa shape index (κ3) is 12.0. The van der Waals surface area contributed by atoms with E-state index in [1.807, 2.05) is 48.5 Å². The molecular weight excluding hydrogens is 909 g/mol. The van der Waals surface area contributed by atoms with Crippen molar-refractivity contribution < 1.29 is 90.8 Å². The van der Waals surface area contributed by atoms with Gasteiger partial charge in [0, 0.05) is 46.1 Å². The third-order valence-corrected chi connectivity index (χ3v) is 11.7. The maximum atomic E-state index is 13.4. The van der Waals surface area contributed by atoms with Crippen LogP contribution in [0, 0.1) is 0 Å². The van der Waals surface area contributed by atoms with Crippen LogP contribution in [0.5, 0.6) is 0 Å². The van der Waals surface area contributed by atoms with Gasteiger partial charge in [-0.3, -0.25) is 24.0 Å². The SMILES string of the molecule is CC(=O)N[C@H]1[C@@H](OC(C)[C@H](NC(=O)OCC2c3ccccc3-c3ccccc32)C(=O)O)O[C@@H]2CO[C@H](c3ccccc3)O[C@@H]2[C@@H]1O[C@@H]1O[C@H](COC(C)=O)[C@H](OC(C)=O)[C@H](OC(C)=O)[C@H]1OC(C)=O. The van der Waals surface area contributed by atoms with Gasteiger partial charge in [-0.2, -0.15) is 0 Å². The van der Waals surface area contributed by atoms with E-state index in [1.165, 1.54) is 13.8 Å². The van der Waals surface area contributed by atoms with E-state index in [9.17, 15) is 38.7 Å². The number of carbonyl (C=O) groups is 7. The third-order valence-electron chi connectivity index (χ3n) is 11.7. The fourth-order valence-electron chi connectivity index (χ4n) is 8.91. The van der Waals surface area contributed by atoms with Gasteiger partial charge in [-0.1, -0.05) is 78.9 Å². The molecule has 21 nitrogen and oxygen atoms in total. The highest BCUT2D eigenvalue weighted by molar-refractivity contribution is 5.81. The van der Waals surface area contributed by atoms with Gasteiger partial charge in [0.2, 0.25) is 5.91 Å². The van der Waals surface area contributed by atoms with Gasteiger partial charge in [0.25, 0.3) is 0 Å². The number of hydrogen-bond donors (Lipinski definition) is 3. The number of carbonyl (C=O) groups excluding carboxylic acids is 6. The molecule has 21 heteroatoms. The Kier molecular flexibility index (Phi) is 16.3. The van der Waals surface area contributed by atoms with E-state index < -0.39 is 128 Å². The molecule has 3 heterocycles. The summed E-state index contributed by atoms with van der Waals surface area (Å²) in [5.74, 6) is -5.84. The van der Waals surface area contributed by atoms with Crippen molar-refractivity contribution in [3.05, 3.63) is 95.6 Å². The average Bonchev–Trinajstić information content (AvgIpc) is 3.62. The number of amides is 2. The molecule has 69 heavy (non-hydrogen) atoms. The Bertz CT molecular complexity index is 2320. The van der Waals surface area contributed by atoms with Gasteiger partial charge in [0.05, 0.1) is 12.7 Å². The molecule has 0 saturated carbocycles. The summed E-state index contributed by atoms with van der Waals surface area (Å²) in [5, 5.41) is 15.6. The molecule has 0 spiro atoms. The number of nitrogens with one attached hydrogen (secondary N) is 2. The number of ether oxygens (including phenoxy) is 11. The fraction of sp³-hybridized carbons (Fsp3) is 0.479. The smallest absolute Gasteiger partial charge is 0.407 e. The summed E-state index contributed by atoms with van der Waals surface area (Å²) < 4.78 is 65.9. The Morgan fingerprint density at radius 1 is 0.667 bits per heavy atom. The first-order chi connectivity index (χ1) is 33.0. The molecule has 1 unspecified atom stereocenters. The zero-order valence-electron chi connectivity index (χ0n) is 38.5. The van der Waals surface area contributed by atoms with E-state index in [0.717, 1.165) is 49.9 Å². The lowest BCUT2D eigenvalue weighted by Crippen LogP contribution is -2.70. The highest BCUT2D eigenvalue weighted by Gasteiger charge is 2.58. The number of fused-ring (bicyclic) bond motifs is 4. The summed E-state index contributed by atoms with van der Waals surface area (Å²) in [5.41, 5.74) is 4.48. The summed E-state index contributed by atoms with van der Waals surface area (Å²) in [4.78, 5) is 89.2. The van der Waals surface area contributed by atoms with Gasteiger partial charge in [-0.05, 0) is 29.2 Å². The van der Waals surface area contributed by atoms with Crippen LogP contribution in [0.15, 0.2) is 78.9 Å². The second-order valence-electron chi connectivity index (χ2n) is 16.7. The summed E-state index contributed by atoms with van der Waals surface area (Å²) in [7, 11) is 0. The number of carboxylic acids is 1. The quantitative estimate of drug-likeness (QED) is 0.137. The lowest BCUT2D eigenvalue weighted by atomic mass is 9.94. The van der Waals surface area contributed by atoms with Crippen LogP contribution in [0.2, 0.25) is 0 Å².